The molecule has 0 saturated heterocycles. The fraction of sp³-hybridized carbons (Fsp3) is 0.889. The molecule has 0 heterocycles. The van der Waals surface area contributed by atoms with Crippen molar-refractivity contribution in [3.8, 4) is 0 Å². The Morgan fingerprint density at radius 2 is 1.48 bits per heavy atom. The van der Waals surface area contributed by atoms with E-state index in [1.807, 2.05) is 0 Å². The van der Waals surface area contributed by atoms with Gasteiger partial charge in [-0.15, -0.1) is 0 Å². The molecule has 136 valence electrons. The highest BCUT2D eigenvalue weighted by atomic mass is 16.5. The van der Waals surface area contributed by atoms with E-state index in [-0.39, 0.29) is 19.0 Å². The smallest absolute Gasteiger partial charge is 0.305 e. The largest absolute Gasteiger partial charge is 0.550 e. The SMILES string of the molecule is CC(CCCCCCO)COC(=O)CCCCCCCC(=O)[O-]. The number of carbonyl (C=O) groups is 2. The maximum atomic E-state index is 11.6. The highest BCUT2D eigenvalue weighted by molar-refractivity contribution is 5.69. The highest BCUT2D eigenvalue weighted by Crippen LogP contribution is 2.12. The zero-order valence-corrected chi connectivity index (χ0v) is 14.6. The number of esters is 1. The summed E-state index contributed by atoms with van der Waals surface area (Å²) in [5.74, 6) is -0.735. The number of carboxylic acid groups (broad SMARTS) is 1. The number of aliphatic hydroxyl groups is 1. The van der Waals surface area contributed by atoms with E-state index in [1.54, 1.807) is 0 Å². The van der Waals surface area contributed by atoms with E-state index >= 15 is 0 Å². The molecule has 0 aromatic carbocycles. The van der Waals surface area contributed by atoms with Crippen LogP contribution < -0.4 is 5.11 Å². The van der Waals surface area contributed by atoms with E-state index in [9.17, 15) is 14.7 Å². The number of ether oxygens (including phenoxy) is 1. The standard InChI is InChI=1S/C18H34O5/c1-16(11-7-5-6-10-14-19)15-23-18(22)13-9-4-2-3-8-12-17(20)21/h16,19H,2-15H2,1H3,(H,20,21)/p-1. The van der Waals surface area contributed by atoms with E-state index in [2.05, 4.69) is 6.92 Å². The molecule has 0 aliphatic rings. The van der Waals surface area contributed by atoms with E-state index in [0.717, 1.165) is 57.8 Å². The number of unbranched alkanes of at least 4 members (excludes halogenated alkanes) is 7. The van der Waals surface area contributed by atoms with Crippen molar-refractivity contribution in [2.75, 3.05) is 13.2 Å². The third kappa shape index (κ3) is 17.1. The second kappa shape index (κ2) is 15.8. The zero-order chi connectivity index (χ0) is 17.3. The number of aliphatic hydroxyl groups excluding tert-OH is 1. The van der Waals surface area contributed by atoms with Crippen LogP contribution >= 0.6 is 0 Å². The highest BCUT2D eigenvalue weighted by Gasteiger charge is 2.07. The van der Waals surface area contributed by atoms with Crippen LogP contribution in [-0.2, 0) is 14.3 Å². The lowest BCUT2D eigenvalue weighted by Crippen LogP contribution is -2.21. The van der Waals surface area contributed by atoms with Gasteiger partial charge in [0.25, 0.3) is 0 Å². The monoisotopic (exact) mass is 329 g/mol. The van der Waals surface area contributed by atoms with Gasteiger partial charge in [0.2, 0.25) is 0 Å². The second-order valence-corrected chi connectivity index (χ2v) is 6.35. The summed E-state index contributed by atoms with van der Waals surface area (Å²) in [6.45, 7) is 2.85. The second-order valence-electron chi connectivity index (χ2n) is 6.35. The van der Waals surface area contributed by atoms with E-state index in [0.29, 0.717) is 25.4 Å². The molecule has 0 aromatic heterocycles. The van der Waals surface area contributed by atoms with Gasteiger partial charge < -0.3 is 19.7 Å². The van der Waals surface area contributed by atoms with Gasteiger partial charge in [-0.1, -0.05) is 45.4 Å². The van der Waals surface area contributed by atoms with Crippen LogP contribution in [0.25, 0.3) is 0 Å². The minimum atomic E-state index is -0.990. The zero-order valence-electron chi connectivity index (χ0n) is 14.6. The normalized spacial score (nSPS) is 12.1. The molecule has 0 spiro atoms. The van der Waals surface area contributed by atoms with Gasteiger partial charge in [-0.25, -0.2) is 0 Å². The van der Waals surface area contributed by atoms with Crippen molar-refractivity contribution in [2.45, 2.75) is 84.0 Å². The molecule has 0 bridgehead atoms. The number of carbonyl (C=O) groups excluding carboxylic acids is 2. The molecule has 23 heavy (non-hydrogen) atoms. The van der Waals surface area contributed by atoms with E-state index in [1.165, 1.54) is 0 Å². The molecular formula is C18H33O5-. The van der Waals surface area contributed by atoms with Gasteiger partial charge in [0.15, 0.2) is 0 Å². The summed E-state index contributed by atoms with van der Waals surface area (Å²) < 4.78 is 5.28. The average Bonchev–Trinajstić information content (AvgIpc) is 2.51. The van der Waals surface area contributed by atoms with Crippen LogP contribution in [0.1, 0.15) is 84.0 Å². The molecule has 0 aliphatic heterocycles. The van der Waals surface area contributed by atoms with E-state index in [4.69, 9.17) is 9.84 Å². The number of hydrogen-bond acceptors (Lipinski definition) is 5. The van der Waals surface area contributed by atoms with Crippen LogP contribution in [0.5, 0.6) is 0 Å². The van der Waals surface area contributed by atoms with Crippen molar-refractivity contribution in [2.24, 2.45) is 5.92 Å². The van der Waals surface area contributed by atoms with Gasteiger partial charge in [-0.2, -0.15) is 0 Å². The molecule has 0 aliphatic carbocycles. The topological polar surface area (TPSA) is 86.7 Å². The Labute approximate surface area is 140 Å². The molecule has 1 N–H and O–H groups in total. The van der Waals surface area contributed by atoms with Crippen molar-refractivity contribution < 1.29 is 24.5 Å². The Morgan fingerprint density at radius 3 is 2.13 bits per heavy atom. The van der Waals surface area contributed by atoms with Gasteiger partial charge in [0.1, 0.15) is 0 Å². The molecule has 0 radical (unpaired) electrons. The molecular weight excluding hydrogens is 296 g/mol. The third-order valence-electron chi connectivity index (χ3n) is 3.90. The van der Waals surface area contributed by atoms with E-state index < -0.39 is 5.97 Å². The van der Waals surface area contributed by atoms with Crippen LogP contribution in [0.3, 0.4) is 0 Å². The van der Waals surface area contributed by atoms with Gasteiger partial charge >= 0.3 is 5.97 Å². The van der Waals surface area contributed by atoms with Crippen LogP contribution in [-0.4, -0.2) is 30.3 Å². The van der Waals surface area contributed by atoms with Crippen molar-refractivity contribution in [1.29, 1.82) is 0 Å². The lowest BCUT2D eigenvalue weighted by atomic mass is 10.0. The minimum absolute atomic E-state index is 0.125. The Kier molecular flexibility index (Phi) is 15.0. The maximum absolute atomic E-state index is 11.6. The van der Waals surface area contributed by atoms with Gasteiger partial charge in [0.05, 0.1) is 6.61 Å². The van der Waals surface area contributed by atoms with Crippen molar-refractivity contribution in [3.05, 3.63) is 0 Å². The van der Waals surface area contributed by atoms with Crippen LogP contribution in [0.2, 0.25) is 0 Å². The molecule has 0 aromatic rings. The van der Waals surface area contributed by atoms with Crippen LogP contribution in [0.15, 0.2) is 0 Å². The maximum Gasteiger partial charge on any atom is 0.305 e. The van der Waals surface area contributed by atoms with Crippen molar-refractivity contribution in [3.63, 3.8) is 0 Å². The van der Waals surface area contributed by atoms with Gasteiger partial charge in [0, 0.05) is 19.0 Å². The fourth-order valence-corrected chi connectivity index (χ4v) is 2.42. The predicted molar refractivity (Wildman–Crippen MR) is 87.6 cm³/mol. The predicted octanol–water partition coefficient (Wildman–Crippen LogP) is 2.59. The fourth-order valence-electron chi connectivity index (χ4n) is 2.42. The lowest BCUT2D eigenvalue weighted by molar-refractivity contribution is -0.305. The van der Waals surface area contributed by atoms with Crippen molar-refractivity contribution in [1.82, 2.24) is 0 Å². The minimum Gasteiger partial charge on any atom is -0.550 e. The Balaban J connectivity index is 3.36. The molecule has 0 saturated carbocycles. The number of rotatable bonds is 16. The first-order valence-corrected chi connectivity index (χ1v) is 9.02. The summed E-state index contributed by atoms with van der Waals surface area (Å²) in [4.78, 5) is 21.8. The average molecular weight is 329 g/mol. The molecule has 0 rings (SSSR count). The van der Waals surface area contributed by atoms with Gasteiger partial charge in [-0.3, -0.25) is 4.79 Å². The first-order valence-electron chi connectivity index (χ1n) is 9.02. The summed E-state index contributed by atoms with van der Waals surface area (Å²) in [7, 11) is 0. The lowest BCUT2D eigenvalue weighted by Gasteiger charge is -2.12. The Hall–Kier alpha value is -1.10. The van der Waals surface area contributed by atoms with Crippen LogP contribution in [0, 0.1) is 5.92 Å². The van der Waals surface area contributed by atoms with Gasteiger partial charge in [-0.05, 0) is 38.0 Å². The summed E-state index contributed by atoms with van der Waals surface area (Å²) in [6.07, 6.45) is 10.0. The number of aliphatic carboxylic acids is 1. The molecule has 1 atom stereocenters. The summed E-state index contributed by atoms with van der Waals surface area (Å²) in [5, 5.41) is 18.9. The molecule has 1 unspecified atom stereocenters. The molecule has 0 fully saturated rings. The number of hydrogen-bond donors (Lipinski definition) is 1. The summed E-state index contributed by atoms with van der Waals surface area (Å²) >= 11 is 0. The summed E-state index contributed by atoms with van der Waals surface area (Å²) in [6, 6.07) is 0. The first kappa shape index (κ1) is 21.9. The van der Waals surface area contributed by atoms with Crippen molar-refractivity contribution >= 4 is 11.9 Å². The molecule has 0 amide bonds. The molecule has 5 heteroatoms. The molecule has 5 nitrogen and oxygen atoms in total. The number of carboxylic acids is 1. The van der Waals surface area contributed by atoms with Crippen LogP contribution in [0.4, 0.5) is 0 Å². The first-order chi connectivity index (χ1) is 11.1. The Morgan fingerprint density at radius 1 is 0.913 bits per heavy atom. The quantitative estimate of drug-likeness (QED) is 0.347. The summed E-state index contributed by atoms with van der Waals surface area (Å²) in [5.41, 5.74) is 0. The Bertz CT molecular complexity index is 304. The third-order valence-corrected chi connectivity index (χ3v) is 3.90.